The molecule has 2 rings (SSSR count). The second-order valence-electron chi connectivity index (χ2n) is 4.33. The van der Waals surface area contributed by atoms with Gasteiger partial charge in [0.2, 0.25) is 5.91 Å². The maximum atomic E-state index is 11.6. The number of rotatable bonds is 5. The molecule has 2 aromatic heterocycles. The Morgan fingerprint density at radius 1 is 1.43 bits per heavy atom. The summed E-state index contributed by atoms with van der Waals surface area (Å²) in [6.45, 7) is 3.64. The molecule has 0 atom stereocenters. The first-order chi connectivity index (χ1) is 9.95. The smallest absolute Gasteiger partial charge is 0.347 e. The summed E-state index contributed by atoms with van der Waals surface area (Å²) in [7, 11) is 0. The Morgan fingerprint density at radius 2 is 2.19 bits per heavy atom. The Balaban J connectivity index is 1.90. The Morgan fingerprint density at radius 3 is 2.76 bits per heavy atom. The van der Waals surface area contributed by atoms with Gasteiger partial charge in [-0.05, 0) is 32.1 Å². The Labute approximate surface area is 125 Å². The van der Waals surface area contributed by atoms with Crippen molar-refractivity contribution in [2.24, 2.45) is 0 Å². The van der Waals surface area contributed by atoms with Crippen molar-refractivity contribution in [2.45, 2.75) is 20.4 Å². The number of hydrogen-bond donors (Lipinski definition) is 2. The van der Waals surface area contributed by atoms with Crippen LogP contribution in [-0.4, -0.2) is 22.0 Å². The van der Waals surface area contributed by atoms with Crippen LogP contribution in [-0.2, 0) is 11.3 Å². The zero-order chi connectivity index (χ0) is 15.4. The number of carbonyl (C=O) groups is 2. The third-order valence-corrected chi connectivity index (χ3v) is 3.75. The number of amides is 1. The van der Waals surface area contributed by atoms with Gasteiger partial charge in [-0.2, -0.15) is 0 Å². The number of carbonyl (C=O) groups excluding carboxylic acids is 1. The Bertz CT molecular complexity index is 700. The van der Waals surface area contributed by atoms with Gasteiger partial charge in [-0.25, -0.2) is 9.78 Å². The fourth-order valence-electron chi connectivity index (χ4n) is 1.65. The number of nitrogens with zero attached hydrogens (tertiary/aromatic N) is 1. The molecule has 0 bridgehead atoms. The minimum absolute atomic E-state index is 0.194. The summed E-state index contributed by atoms with van der Waals surface area (Å²) in [5.74, 6) is 0.0693. The predicted octanol–water partition coefficient (Wildman–Crippen LogP) is 2.38. The summed E-state index contributed by atoms with van der Waals surface area (Å²) in [5.41, 5.74) is 0.457. The van der Waals surface area contributed by atoms with Crippen LogP contribution in [0.2, 0.25) is 0 Å². The third-order valence-electron chi connectivity index (χ3n) is 2.61. The van der Waals surface area contributed by atoms with Gasteiger partial charge in [0.05, 0.1) is 12.2 Å². The van der Waals surface area contributed by atoms with Gasteiger partial charge in [-0.1, -0.05) is 0 Å². The second-order valence-corrected chi connectivity index (χ2v) is 5.41. The molecular formula is C14H14N2O4S. The lowest BCUT2D eigenvalue weighted by atomic mass is 10.4. The van der Waals surface area contributed by atoms with E-state index in [1.165, 1.54) is 6.08 Å². The average Bonchev–Trinajstić information content (AvgIpc) is 3.00. The molecule has 7 heteroatoms. The fourth-order valence-corrected chi connectivity index (χ4v) is 2.49. The van der Waals surface area contributed by atoms with E-state index in [0.717, 1.165) is 17.1 Å². The number of thiazole rings is 1. The SMILES string of the molecule is Cc1ccc(C=CC(=O)NCc2nc(C)c(C(=O)O)s2)o1. The van der Waals surface area contributed by atoms with E-state index in [1.54, 1.807) is 19.1 Å². The number of hydrogen-bond acceptors (Lipinski definition) is 5. The van der Waals surface area contributed by atoms with Crippen LogP contribution in [0.15, 0.2) is 22.6 Å². The van der Waals surface area contributed by atoms with Crippen LogP contribution in [0, 0.1) is 13.8 Å². The number of carboxylic acids is 1. The molecule has 0 saturated heterocycles. The number of aromatic carboxylic acids is 1. The summed E-state index contributed by atoms with van der Waals surface area (Å²) in [4.78, 5) is 26.8. The van der Waals surface area contributed by atoms with Crippen molar-refractivity contribution < 1.29 is 19.1 Å². The van der Waals surface area contributed by atoms with E-state index in [1.807, 2.05) is 13.0 Å². The van der Waals surface area contributed by atoms with Gasteiger partial charge < -0.3 is 14.8 Å². The van der Waals surface area contributed by atoms with Gasteiger partial charge in [0, 0.05) is 6.08 Å². The highest BCUT2D eigenvalue weighted by atomic mass is 32.1. The van der Waals surface area contributed by atoms with Crippen LogP contribution in [0.25, 0.3) is 6.08 Å². The van der Waals surface area contributed by atoms with E-state index < -0.39 is 5.97 Å². The van der Waals surface area contributed by atoms with E-state index in [2.05, 4.69) is 10.3 Å². The lowest BCUT2D eigenvalue weighted by Crippen LogP contribution is -2.20. The van der Waals surface area contributed by atoms with Crippen LogP contribution in [0.1, 0.15) is 31.9 Å². The topological polar surface area (TPSA) is 92.4 Å². The van der Waals surface area contributed by atoms with Crippen molar-refractivity contribution in [1.29, 1.82) is 0 Å². The van der Waals surface area contributed by atoms with Gasteiger partial charge in [0.25, 0.3) is 0 Å². The zero-order valence-electron chi connectivity index (χ0n) is 11.5. The van der Waals surface area contributed by atoms with Crippen molar-refractivity contribution in [3.8, 4) is 0 Å². The minimum atomic E-state index is -1.00. The first-order valence-electron chi connectivity index (χ1n) is 6.17. The molecule has 1 amide bonds. The molecule has 6 nitrogen and oxygen atoms in total. The van der Waals surface area contributed by atoms with Crippen molar-refractivity contribution in [3.63, 3.8) is 0 Å². The molecule has 0 aliphatic heterocycles. The molecule has 0 radical (unpaired) electrons. The standard InChI is InChI=1S/C14H14N2O4S/c1-8-3-4-10(20-8)5-6-11(17)15-7-12-16-9(2)13(21-12)14(18)19/h3-6H,7H2,1-2H3,(H,15,17)(H,18,19). The second kappa shape index (κ2) is 6.36. The summed E-state index contributed by atoms with van der Waals surface area (Å²) < 4.78 is 5.30. The monoisotopic (exact) mass is 306 g/mol. The summed E-state index contributed by atoms with van der Waals surface area (Å²) >= 11 is 1.06. The zero-order valence-corrected chi connectivity index (χ0v) is 12.4. The fraction of sp³-hybridized carbons (Fsp3) is 0.214. The number of aryl methyl sites for hydroxylation is 2. The molecule has 0 aromatic carbocycles. The normalized spacial score (nSPS) is 11.0. The lowest BCUT2D eigenvalue weighted by molar-refractivity contribution is -0.116. The number of nitrogens with one attached hydrogen (secondary N) is 1. The van der Waals surface area contributed by atoms with Gasteiger partial charge in [-0.3, -0.25) is 4.79 Å². The highest BCUT2D eigenvalue weighted by Gasteiger charge is 2.13. The van der Waals surface area contributed by atoms with Crippen molar-refractivity contribution >= 4 is 29.3 Å². The maximum Gasteiger partial charge on any atom is 0.347 e. The quantitative estimate of drug-likeness (QED) is 0.827. The summed E-state index contributed by atoms with van der Waals surface area (Å²) in [5, 5.41) is 12.1. The van der Waals surface area contributed by atoms with Crippen LogP contribution in [0.3, 0.4) is 0 Å². The molecule has 0 aliphatic rings. The minimum Gasteiger partial charge on any atom is -0.477 e. The van der Waals surface area contributed by atoms with E-state index in [9.17, 15) is 9.59 Å². The highest BCUT2D eigenvalue weighted by Crippen LogP contribution is 2.17. The van der Waals surface area contributed by atoms with Crippen molar-refractivity contribution in [3.05, 3.63) is 45.3 Å². The van der Waals surface area contributed by atoms with Crippen LogP contribution in [0.4, 0.5) is 0 Å². The van der Waals surface area contributed by atoms with Crippen LogP contribution < -0.4 is 5.32 Å². The van der Waals surface area contributed by atoms with Crippen molar-refractivity contribution in [1.82, 2.24) is 10.3 Å². The number of carboxylic acid groups (broad SMARTS) is 1. The molecule has 21 heavy (non-hydrogen) atoms. The largest absolute Gasteiger partial charge is 0.477 e. The molecule has 0 unspecified atom stereocenters. The number of aromatic nitrogens is 1. The van der Waals surface area contributed by atoms with E-state index in [0.29, 0.717) is 16.5 Å². The van der Waals surface area contributed by atoms with E-state index >= 15 is 0 Å². The Kier molecular flexibility index (Phi) is 4.54. The maximum absolute atomic E-state index is 11.6. The summed E-state index contributed by atoms with van der Waals surface area (Å²) in [6, 6.07) is 3.58. The van der Waals surface area contributed by atoms with Crippen LogP contribution >= 0.6 is 11.3 Å². The van der Waals surface area contributed by atoms with Crippen LogP contribution in [0.5, 0.6) is 0 Å². The molecule has 2 heterocycles. The first kappa shape index (κ1) is 15.0. The van der Waals surface area contributed by atoms with Gasteiger partial charge in [-0.15, -0.1) is 11.3 Å². The van der Waals surface area contributed by atoms with Gasteiger partial charge in [0.15, 0.2) is 0 Å². The average molecular weight is 306 g/mol. The molecule has 110 valence electrons. The van der Waals surface area contributed by atoms with Gasteiger partial charge in [0.1, 0.15) is 21.4 Å². The molecule has 0 fully saturated rings. The number of furan rings is 1. The first-order valence-corrected chi connectivity index (χ1v) is 6.99. The predicted molar refractivity (Wildman–Crippen MR) is 78.1 cm³/mol. The molecular weight excluding hydrogens is 292 g/mol. The van der Waals surface area contributed by atoms with E-state index in [-0.39, 0.29) is 17.3 Å². The Hall–Kier alpha value is -2.41. The molecule has 2 aromatic rings. The molecule has 0 spiro atoms. The van der Waals surface area contributed by atoms with Crippen molar-refractivity contribution in [2.75, 3.05) is 0 Å². The highest BCUT2D eigenvalue weighted by molar-refractivity contribution is 7.13. The third kappa shape index (κ3) is 4.03. The van der Waals surface area contributed by atoms with E-state index in [4.69, 9.17) is 9.52 Å². The lowest BCUT2D eigenvalue weighted by Gasteiger charge is -1.97. The van der Waals surface area contributed by atoms with Gasteiger partial charge >= 0.3 is 5.97 Å². The molecule has 0 saturated carbocycles. The molecule has 2 N–H and O–H groups in total. The molecule has 0 aliphatic carbocycles. The summed E-state index contributed by atoms with van der Waals surface area (Å²) in [6.07, 6.45) is 2.93.